The average Bonchev–Trinajstić information content (AvgIpc) is 3.04. The highest BCUT2D eigenvalue weighted by molar-refractivity contribution is 5.98. The Morgan fingerprint density at radius 3 is 2.81 bits per heavy atom. The number of hydrogen-bond donors (Lipinski definition) is 3. The molecule has 140 valence electrons. The second kappa shape index (κ2) is 7.31. The van der Waals surface area contributed by atoms with Gasteiger partial charge in [0.2, 0.25) is 11.8 Å². The minimum Gasteiger partial charge on any atom is -0.342 e. The van der Waals surface area contributed by atoms with Crippen molar-refractivity contribution < 1.29 is 18.8 Å². The predicted molar refractivity (Wildman–Crippen MR) is 93.8 cm³/mol. The fourth-order valence-electron chi connectivity index (χ4n) is 3.45. The quantitative estimate of drug-likeness (QED) is 0.757. The number of benzene rings is 1. The standard InChI is InChI=1S/C18H23FN4O3/c1-3-10(2)15-17(25)23-9-11(8-14(23)16(24)22-15)20-18(26)21-13-7-5-4-6-12(13)19/h4-7,10-11,14-15H,3,8-9H2,1-2H3,(H,22,24)(H2,20,21,26)/t10-,11-,14-,15-/m0/s1. The van der Waals surface area contributed by atoms with Crippen molar-refractivity contribution in [3.8, 4) is 0 Å². The summed E-state index contributed by atoms with van der Waals surface area (Å²) >= 11 is 0. The van der Waals surface area contributed by atoms with Crippen molar-refractivity contribution in [1.29, 1.82) is 0 Å². The van der Waals surface area contributed by atoms with E-state index in [-0.39, 0.29) is 36.0 Å². The fraction of sp³-hybridized carbons (Fsp3) is 0.500. The summed E-state index contributed by atoms with van der Waals surface area (Å²) in [6.45, 7) is 4.17. The van der Waals surface area contributed by atoms with Crippen molar-refractivity contribution >= 4 is 23.5 Å². The maximum Gasteiger partial charge on any atom is 0.319 e. The lowest BCUT2D eigenvalue weighted by Crippen LogP contribution is -2.62. The largest absolute Gasteiger partial charge is 0.342 e. The van der Waals surface area contributed by atoms with Crippen LogP contribution in [-0.2, 0) is 9.59 Å². The summed E-state index contributed by atoms with van der Waals surface area (Å²) in [4.78, 5) is 38.7. The molecule has 0 bridgehead atoms. The van der Waals surface area contributed by atoms with Crippen LogP contribution in [0.4, 0.5) is 14.9 Å². The van der Waals surface area contributed by atoms with Crippen molar-refractivity contribution in [1.82, 2.24) is 15.5 Å². The number of nitrogens with zero attached hydrogens (tertiary/aromatic N) is 1. The number of halogens is 1. The third-order valence-corrected chi connectivity index (χ3v) is 5.12. The monoisotopic (exact) mass is 362 g/mol. The van der Waals surface area contributed by atoms with E-state index in [2.05, 4.69) is 16.0 Å². The highest BCUT2D eigenvalue weighted by Gasteiger charge is 2.47. The van der Waals surface area contributed by atoms with E-state index in [0.29, 0.717) is 6.42 Å². The van der Waals surface area contributed by atoms with Gasteiger partial charge in [0, 0.05) is 6.54 Å². The molecule has 0 aromatic heterocycles. The molecule has 8 heteroatoms. The molecule has 4 atom stereocenters. The van der Waals surface area contributed by atoms with E-state index in [4.69, 9.17) is 0 Å². The molecule has 1 aromatic carbocycles. The SMILES string of the molecule is CC[C@H](C)[C@@H]1NC(=O)[C@@H]2C[C@H](NC(=O)Nc3ccccc3F)CN2C1=O. The molecule has 1 aromatic rings. The summed E-state index contributed by atoms with van der Waals surface area (Å²) in [5.74, 6) is -0.780. The number of nitrogens with one attached hydrogen (secondary N) is 3. The van der Waals surface area contributed by atoms with Crippen LogP contribution in [0.1, 0.15) is 26.7 Å². The lowest BCUT2D eigenvalue weighted by Gasteiger charge is -2.36. The molecule has 0 unspecified atom stereocenters. The number of anilines is 1. The Morgan fingerprint density at radius 1 is 1.38 bits per heavy atom. The molecule has 26 heavy (non-hydrogen) atoms. The van der Waals surface area contributed by atoms with Crippen molar-refractivity contribution in [2.75, 3.05) is 11.9 Å². The molecular weight excluding hydrogens is 339 g/mol. The average molecular weight is 362 g/mol. The van der Waals surface area contributed by atoms with Gasteiger partial charge in [-0.15, -0.1) is 0 Å². The Kier molecular flexibility index (Phi) is 5.11. The summed E-state index contributed by atoms with van der Waals surface area (Å²) in [5, 5.41) is 7.97. The molecule has 2 heterocycles. The van der Waals surface area contributed by atoms with Crippen molar-refractivity contribution in [2.24, 2.45) is 5.92 Å². The molecule has 3 rings (SSSR count). The molecule has 0 saturated carbocycles. The molecule has 2 saturated heterocycles. The van der Waals surface area contributed by atoms with Crippen LogP contribution >= 0.6 is 0 Å². The van der Waals surface area contributed by atoms with Crippen LogP contribution in [0.3, 0.4) is 0 Å². The summed E-state index contributed by atoms with van der Waals surface area (Å²) < 4.78 is 13.6. The number of urea groups is 1. The lowest BCUT2D eigenvalue weighted by molar-refractivity contribution is -0.148. The van der Waals surface area contributed by atoms with Gasteiger partial charge in [0.15, 0.2) is 0 Å². The Hall–Kier alpha value is -2.64. The van der Waals surface area contributed by atoms with Crippen LogP contribution in [0.15, 0.2) is 24.3 Å². The third-order valence-electron chi connectivity index (χ3n) is 5.12. The number of fused-ring (bicyclic) bond motifs is 1. The number of carbonyl (C=O) groups is 3. The summed E-state index contributed by atoms with van der Waals surface area (Å²) in [6, 6.07) is 3.85. The Morgan fingerprint density at radius 2 is 2.12 bits per heavy atom. The van der Waals surface area contributed by atoms with Crippen LogP contribution in [0.25, 0.3) is 0 Å². The zero-order chi connectivity index (χ0) is 18.8. The molecule has 4 amide bonds. The number of para-hydroxylation sites is 1. The van der Waals surface area contributed by atoms with E-state index in [1.54, 1.807) is 11.0 Å². The highest BCUT2D eigenvalue weighted by Crippen LogP contribution is 2.26. The molecule has 0 radical (unpaired) electrons. The summed E-state index contributed by atoms with van der Waals surface area (Å²) in [7, 11) is 0. The normalized spacial score (nSPS) is 26.1. The van der Waals surface area contributed by atoms with Gasteiger partial charge >= 0.3 is 6.03 Å². The number of rotatable bonds is 4. The first-order valence-electron chi connectivity index (χ1n) is 8.83. The first-order valence-corrected chi connectivity index (χ1v) is 8.83. The van der Waals surface area contributed by atoms with E-state index >= 15 is 0 Å². The first-order chi connectivity index (χ1) is 12.4. The zero-order valence-corrected chi connectivity index (χ0v) is 14.8. The van der Waals surface area contributed by atoms with E-state index in [1.165, 1.54) is 18.2 Å². The van der Waals surface area contributed by atoms with E-state index < -0.39 is 23.9 Å². The third kappa shape index (κ3) is 3.49. The Labute approximate surface area is 151 Å². The number of carbonyl (C=O) groups excluding carboxylic acids is 3. The van der Waals surface area contributed by atoms with E-state index in [1.807, 2.05) is 13.8 Å². The minimum absolute atomic E-state index is 0.0452. The molecular formula is C18H23FN4O3. The van der Waals surface area contributed by atoms with Crippen LogP contribution < -0.4 is 16.0 Å². The Balaban J connectivity index is 1.62. The molecule has 7 nitrogen and oxygen atoms in total. The maximum atomic E-state index is 13.6. The molecule has 0 aliphatic carbocycles. The van der Waals surface area contributed by atoms with Gasteiger partial charge in [-0.25, -0.2) is 9.18 Å². The maximum absolute atomic E-state index is 13.6. The van der Waals surface area contributed by atoms with Crippen molar-refractivity contribution in [3.05, 3.63) is 30.1 Å². The summed E-state index contributed by atoms with van der Waals surface area (Å²) in [6.07, 6.45) is 1.12. The smallest absolute Gasteiger partial charge is 0.319 e. The molecule has 2 fully saturated rings. The van der Waals surface area contributed by atoms with Gasteiger partial charge in [-0.3, -0.25) is 9.59 Å². The number of amides is 4. The lowest BCUT2D eigenvalue weighted by atomic mass is 9.95. The van der Waals surface area contributed by atoms with Gasteiger partial charge in [-0.2, -0.15) is 0 Å². The van der Waals surface area contributed by atoms with E-state index in [0.717, 1.165) is 6.42 Å². The van der Waals surface area contributed by atoms with Gasteiger partial charge < -0.3 is 20.9 Å². The fourth-order valence-corrected chi connectivity index (χ4v) is 3.45. The highest BCUT2D eigenvalue weighted by atomic mass is 19.1. The number of piperazine rings is 1. The molecule has 0 spiro atoms. The van der Waals surface area contributed by atoms with Crippen LogP contribution in [0.2, 0.25) is 0 Å². The van der Waals surface area contributed by atoms with Gasteiger partial charge in [-0.05, 0) is 24.5 Å². The summed E-state index contributed by atoms with van der Waals surface area (Å²) in [5.41, 5.74) is 0.0753. The molecule has 3 N–H and O–H groups in total. The topological polar surface area (TPSA) is 90.5 Å². The Bertz CT molecular complexity index is 726. The van der Waals surface area contributed by atoms with Crippen molar-refractivity contribution in [3.63, 3.8) is 0 Å². The van der Waals surface area contributed by atoms with Gasteiger partial charge in [-0.1, -0.05) is 32.4 Å². The van der Waals surface area contributed by atoms with Crippen LogP contribution in [-0.4, -0.2) is 47.4 Å². The second-order valence-electron chi connectivity index (χ2n) is 6.89. The number of hydrogen-bond acceptors (Lipinski definition) is 3. The van der Waals surface area contributed by atoms with Crippen LogP contribution in [0.5, 0.6) is 0 Å². The van der Waals surface area contributed by atoms with Gasteiger partial charge in [0.05, 0.1) is 11.7 Å². The molecule has 2 aliphatic heterocycles. The predicted octanol–water partition coefficient (Wildman–Crippen LogP) is 1.46. The zero-order valence-electron chi connectivity index (χ0n) is 14.8. The minimum atomic E-state index is -0.568. The second-order valence-corrected chi connectivity index (χ2v) is 6.89. The first kappa shape index (κ1) is 18.2. The molecule has 2 aliphatic rings. The van der Waals surface area contributed by atoms with Gasteiger partial charge in [0.1, 0.15) is 17.9 Å². The van der Waals surface area contributed by atoms with E-state index in [9.17, 15) is 18.8 Å². The van der Waals surface area contributed by atoms with Gasteiger partial charge in [0.25, 0.3) is 0 Å². The van der Waals surface area contributed by atoms with Crippen LogP contribution in [0, 0.1) is 11.7 Å². The van der Waals surface area contributed by atoms with Crippen molar-refractivity contribution in [2.45, 2.75) is 44.8 Å².